The first-order chi connectivity index (χ1) is 9.34. The Morgan fingerprint density at radius 1 is 1.25 bits per heavy atom. The Morgan fingerprint density at radius 3 is 2.35 bits per heavy atom. The fourth-order valence-corrected chi connectivity index (χ4v) is 2.35. The first-order valence-electron chi connectivity index (χ1n) is 7.51. The Balaban J connectivity index is 2.53. The van der Waals surface area contributed by atoms with Gasteiger partial charge in [-0.3, -0.25) is 0 Å². The highest BCUT2D eigenvalue weighted by molar-refractivity contribution is 5.15. The Bertz CT molecular complexity index is 388. The lowest BCUT2D eigenvalue weighted by atomic mass is 9.86. The fraction of sp³-hybridized carbons (Fsp3) is 0.647. The molecule has 1 aromatic rings. The maximum absolute atomic E-state index is 12.9. The summed E-state index contributed by atoms with van der Waals surface area (Å²) in [6.45, 7) is 11.8. The second-order valence-electron chi connectivity index (χ2n) is 6.50. The molecule has 0 aliphatic heterocycles. The topological polar surface area (TPSA) is 15.3 Å². The normalized spacial score (nSPS) is 14.8. The van der Waals surface area contributed by atoms with Crippen molar-refractivity contribution in [1.82, 2.24) is 10.2 Å². The maximum atomic E-state index is 12.9. The van der Waals surface area contributed by atoms with Crippen LogP contribution in [0, 0.1) is 11.2 Å². The Morgan fingerprint density at radius 2 is 1.85 bits per heavy atom. The second-order valence-corrected chi connectivity index (χ2v) is 6.50. The molecule has 0 saturated carbocycles. The predicted octanol–water partition coefficient (Wildman–Crippen LogP) is 3.67. The molecule has 0 aliphatic carbocycles. The van der Waals surface area contributed by atoms with E-state index in [1.54, 1.807) is 0 Å². The van der Waals surface area contributed by atoms with Gasteiger partial charge in [0.15, 0.2) is 0 Å². The third-order valence-corrected chi connectivity index (χ3v) is 3.81. The third kappa shape index (κ3) is 6.02. The molecule has 1 unspecified atom stereocenters. The minimum Gasteiger partial charge on any atom is -0.314 e. The first-order valence-corrected chi connectivity index (χ1v) is 7.51. The van der Waals surface area contributed by atoms with Crippen molar-refractivity contribution in [2.24, 2.45) is 5.41 Å². The molecule has 2 nitrogen and oxygen atoms in total. The van der Waals surface area contributed by atoms with E-state index in [-0.39, 0.29) is 11.2 Å². The van der Waals surface area contributed by atoms with Crippen LogP contribution in [-0.4, -0.2) is 31.1 Å². The fourth-order valence-electron chi connectivity index (χ4n) is 2.35. The summed E-state index contributed by atoms with van der Waals surface area (Å²) in [4.78, 5) is 2.32. The van der Waals surface area contributed by atoms with E-state index < -0.39 is 0 Å². The highest BCUT2D eigenvalue weighted by atomic mass is 19.1. The van der Waals surface area contributed by atoms with E-state index in [1.165, 1.54) is 12.1 Å². The van der Waals surface area contributed by atoms with Gasteiger partial charge in [-0.2, -0.15) is 0 Å². The van der Waals surface area contributed by atoms with Crippen LogP contribution >= 0.6 is 0 Å². The van der Waals surface area contributed by atoms with E-state index in [0.29, 0.717) is 6.04 Å². The van der Waals surface area contributed by atoms with Gasteiger partial charge in [-0.25, -0.2) is 4.39 Å². The number of nitrogens with one attached hydrogen (secondary N) is 1. The molecule has 0 radical (unpaired) electrons. The van der Waals surface area contributed by atoms with Crippen molar-refractivity contribution in [1.29, 1.82) is 0 Å². The molecule has 20 heavy (non-hydrogen) atoms. The van der Waals surface area contributed by atoms with Crippen LogP contribution in [0.15, 0.2) is 24.3 Å². The number of hydrogen-bond acceptors (Lipinski definition) is 2. The average Bonchev–Trinajstić information content (AvgIpc) is 2.39. The average molecular weight is 280 g/mol. The summed E-state index contributed by atoms with van der Waals surface area (Å²) in [5, 5.41) is 3.54. The molecule has 0 aliphatic rings. The number of hydrogen-bond donors (Lipinski definition) is 1. The van der Waals surface area contributed by atoms with Gasteiger partial charge in [0.25, 0.3) is 0 Å². The van der Waals surface area contributed by atoms with E-state index in [2.05, 4.69) is 45.0 Å². The lowest BCUT2D eigenvalue weighted by Gasteiger charge is -2.34. The van der Waals surface area contributed by atoms with Gasteiger partial charge < -0.3 is 10.2 Å². The van der Waals surface area contributed by atoms with Crippen molar-refractivity contribution >= 4 is 0 Å². The molecule has 0 aromatic heterocycles. The molecule has 114 valence electrons. The molecule has 3 heteroatoms. The summed E-state index contributed by atoms with van der Waals surface area (Å²) in [7, 11) is 2.13. The molecule has 0 spiro atoms. The Kier molecular flexibility index (Phi) is 6.63. The largest absolute Gasteiger partial charge is 0.314 e. The van der Waals surface area contributed by atoms with Gasteiger partial charge in [0.05, 0.1) is 0 Å². The van der Waals surface area contributed by atoms with Crippen molar-refractivity contribution in [2.45, 2.75) is 46.7 Å². The quantitative estimate of drug-likeness (QED) is 0.781. The van der Waals surface area contributed by atoms with Crippen molar-refractivity contribution in [3.8, 4) is 0 Å². The van der Waals surface area contributed by atoms with Gasteiger partial charge in [-0.1, -0.05) is 39.8 Å². The van der Waals surface area contributed by atoms with E-state index in [0.717, 1.165) is 31.6 Å². The lowest BCUT2D eigenvalue weighted by Crippen LogP contribution is -2.42. The van der Waals surface area contributed by atoms with Crippen LogP contribution in [0.1, 0.15) is 39.7 Å². The van der Waals surface area contributed by atoms with E-state index in [1.807, 2.05) is 12.1 Å². The number of halogens is 1. The van der Waals surface area contributed by atoms with E-state index in [9.17, 15) is 4.39 Å². The van der Waals surface area contributed by atoms with Gasteiger partial charge in [-0.05, 0) is 36.6 Å². The zero-order valence-corrected chi connectivity index (χ0v) is 13.5. The molecule has 1 aromatic carbocycles. The van der Waals surface area contributed by atoms with Gasteiger partial charge >= 0.3 is 0 Å². The molecular weight excluding hydrogens is 251 g/mol. The van der Waals surface area contributed by atoms with Crippen molar-refractivity contribution in [3.05, 3.63) is 35.6 Å². The summed E-state index contributed by atoms with van der Waals surface area (Å²) in [5.41, 5.74) is 1.42. The van der Waals surface area contributed by atoms with Gasteiger partial charge in [-0.15, -0.1) is 0 Å². The molecule has 0 fully saturated rings. The molecule has 1 rings (SSSR count). The van der Waals surface area contributed by atoms with Crippen LogP contribution in [0.25, 0.3) is 0 Å². The predicted molar refractivity (Wildman–Crippen MR) is 84.3 cm³/mol. The zero-order chi connectivity index (χ0) is 15.2. The lowest BCUT2D eigenvalue weighted by molar-refractivity contribution is 0.172. The van der Waals surface area contributed by atoms with Crippen molar-refractivity contribution in [3.63, 3.8) is 0 Å². The highest BCUT2D eigenvalue weighted by Gasteiger charge is 2.24. The highest BCUT2D eigenvalue weighted by Crippen LogP contribution is 2.22. The van der Waals surface area contributed by atoms with Gasteiger partial charge in [0.1, 0.15) is 5.82 Å². The van der Waals surface area contributed by atoms with E-state index >= 15 is 0 Å². The second kappa shape index (κ2) is 7.75. The van der Waals surface area contributed by atoms with Crippen LogP contribution in [0.2, 0.25) is 0 Å². The maximum Gasteiger partial charge on any atom is 0.123 e. The SMILES string of the molecule is CCC(C)(CNC(C)C)CN(C)Cc1ccc(F)cc1. The molecule has 0 bridgehead atoms. The summed E-state index contributed by atoms with van der Waals surface area (Å²) in [6, 6.07) is 7.30. The zero-order valence-electron chi connectivity index (χ0n) is 13.5. The molecule has 1 N–H and O–H groups in total. The standard InChI is InChI=1S/C17H29FN2/c1-6-17(4,12-19-14(2)3)13-20(5)11-15-7-9-16(18)10-8-15/h7-10,14,19H,6,11-13H2,1-5H3. The van der Waals surface area contributed by atoms with Crippen LogP contribution in [0.4, 0.5) is 4.39 Å². The van der Waals surface area contributed by atoms with Crippen molar-refractivity contribution < 1.29 is 4.39 Å². The smallest absolute Gasteiger partial charge is 0.123 e. The van der Waals surface area contributed by atoms with Crippen LogP contribution < -0.4 is 5.32 Å². The minimum absolute atomic E-state index is 0.170. The first kappa shape index (κ1) is 17.1. The summed E-state index contributed by atoms with van der Waals surface area (Å²) in [6.07, 6.45) is 1.14. The molecule has 1 atom stereocenters. The molecular formula is C17H29FN2. The summed E-state index contributed by atoms with van der Waals surface area (Å²) >= 11 is 0. The Labute approximate surface area is 123 Å². The van der Waals surface area contributed by atoms with Crippen LogP contribution in [0.5, 0.6) is 0 Å². The van der Waals surface area contributed by atoms with Gasteiger partial charge in [0.2, 0.25) is 0 Å². The summed E-state index contributed by atoms with van der Waals surface area (Å²) in [5.74, 6) is -0.170. The minimum atomic E-state index is -0.170. The van der Waals surface area contributed by atoms with Crippen molar-refractivity contribution in [2.75, 3.05) is 20.1 Å². The monoisotopic (exact) mass is 280 g/mol. The Hall–Kier alpha value is -0.930. The van der Waals surface area contributed by atoms with Crippen LogP contribution in [-0.2, 0) is 6.54 Å². The molecule has 0 heterocycles. The van der Waals surface area contributed by atoms with E-state index in [4.69, 9.17) is 0 Å². The summed E-state index contributed by atoms with van der Waals surface area (Å²) < 4.78 is 12.9. The molecule has 0 amide bonds. The molecule has 0 saturated heterocycles. The number of rotatable bonds is 8. The number of benzene rings is 1. The number of nitrogens with zero attached hydrogens (tertiary/aromatic N) is 1. The third-order valence-electron chi connectivity index (χ3n) is 3.81. The van der Waals surface area contributed by atoms with Crippen LogP contribution in [0.3, 0.4) is 0 Å². The van der Waals surface area contributed by atoms with Gasteiger partial charge in [0, 0.05) is 25.7 Å².